The van der Waals surface area contributed by atoms with Gasteiger partial charge in [0.25, 0.3) is 0 Å². The maximum absolute atomic E-state index is 9.62. The molecular formula is C13H21N3O. The largest absolute Gasteiger partial charge is 0.393 e. The summed E-state index contributed by atoms with van der Waals surface area (Å²) in [6.07, 6.45) is 2.58. The molecule has 0 aliphatic carbocycles. The number of aromatic nitrogens is 1. The third-order valence-corrected chi connectivity index (χ3v) is 3.51. The van der Waals surface area contributed by atoms with Crippen LogP contribution in [0.4, 0.5) is 5.82 Å². The predicted octanol–water partition coefficient (Wildman–Crippen LogP) is 1.31. The van der Waals surface area contributed by atoms with Crippen LogP contribution in [0.3, 0.4) is 0 Å². The molecule has 0 bridgehead atoms. The van der Waals surface area contributed by atoms with Gasteiger partial charge < -0.3 is 15.7 Å². The Kier molecular flexibility index (Phi) is 3.64. The molecule has 2 heterocycles. The molecule has 0 saturated carbocycles. The van der Waals surface area contributed by atoms with Gasteiger partial charge in [0.15, 0.2) is 0 Å². The molecule has 1 aromatic heterocycles. The van der Waals surface area contributed by atoms with Crippen molar-refractivity contribution in [3.05, 3.63) is 23.9 Å². The van der Waals surface area contributed by atoms with Gasteiger partial charge in [0.05, 0.1) is 6.10 Å². The van der Waals surface area contributed by atoms with Crippen molar-refractivity contribution in [3.8, 4) is 0 Å². The molecule has 1 aliphatic rings. The van der Waals surface area contributed by atoms with Crippen LogP contribution in [0.5, 0.6) is 0 Å². The number of nitrogens with two attached hydrogens (primary N) is 1. The Bertz CT molecular complexity index is 379. The van der Waals surface area contributed by atoms with Crippen molar-refractivity contribution in [2.75, 3.05) is 18.0 Å². The zero-order valence-electron chi connectivity index (χ0n) is 10.5. The molecule has 0 radical (unpaired) electrons. The molecule has 2 unspecified atom stereocenters. The summed E-state index contributed by atoms with van der Waals surface area (Å²) in [5.41, 5.74) is 7.04. The first-order chi connectivity index (χ1) is 8.09. The first-order valence-corrected chi connectivity index (χ1v) is 6.23. The van der Waals surface area contributed by atoms with Gasteiger partial charge in [0, 0.05) is 36.8 Å². The van der Waals surface area contributed by atoms with E-state index in [0.717, 1.165) is 30.9 Å². The molecule has 17 heavy (non-hydrogen) atoms. The van der Waals surface area contributed by atoms with E-state index in [4.69, 9.17) is 5.73 Å². The van der Waals surface area contributed by atoms with Crippen LogP contribution >= 0.6 is 0 Å². The lowest BCUT2D eigenvalue weighted by Gasteiger charge is -2.22. The number of aliphatic hydroxyl groups is 1. The van der Waals surface area contributed by atoms with Gasteiger partial charge in [-0.2, -0.15) is 0 Å². The highest BCUT2D eigenvalue weighted by Gasteiger charge is 2.28. The van der Waals surface area contributed by atoms with Gasteiger partial charge in [-0.3, -0.25) is 0 Å². The summed E-state index contributed by atoms with van der Waals surface area (Å²) in [7, 11) is 0. The van der Waals surface area contributed by atoms with E-state index in [9.17, 15) is 5.11 Å². The second-order valence-electron chi connectivity index (χ2n) is 4.94. The molecule has 4 nitrogen and oxygen atoms in total. The molecule has 0 amide bonds. The van der Waals surface area contributed by atoms with E-state index in [-0.39, 0.29) is 12.1 Å². The van der Waals surface area contributed by atoms with Crippen molar-refractivity contribution in [1.82, 2.24) is 4.98 Å². The molecular weight excluding hydrogens is 214 g/mol. The van der Waals surface area contributed by atoms with Crippen molar-refractivity contribution in [1.29, 1.82) is 0 Å². The first-order valence-electron chi connectivity index (χ1n) is 6.23. The maximum Gasteiger partial charge on any atom is 0.133 e. The van der Waals surface area contributed by atoms with Crippen molar-refractivity contribution in [2.24, 2.45) is 11.7 Å². The van der Waals surface area contributed by atoms with Crippen LogP contribution < -0.4 is 10.6 Å². The summed E-state index contributed by atoms with van der Waals surface area (Å²) in [5.74, 6) is 1.32. The minimum absolute atomic E-state index is 0.00991. The summed E-state index contributed by atoms with van der Waals surface area (Å²) >= 11 is 0. The van der Waals surface area contributed by atoms with Gasteiger partial charge in [0.2, 0.25) is 0 Å². The summed E-state index contributed by atoms with van der Waals surface area (Å²) in [4.78, 5) is 6.67. The molecule has 1 fully saturated rings. The smallest absolute Gasteiger partial charge is 0.133 e. The van der Waals surface area contributed by atoms with Gasteiger partial charge in [-0.1, -0.05) is 6.07 Å². The highest BCUT2D eigenvalue weighted by molar-refractivity contribution is 5.49. The lowest BCUT2D eigenvalue weighted by atomic mass is 10.0. The lowest BCUT2D eigenvalue weighted by Crippen LogP contribution is -2.26. The summed E-state index contributed by atoms with van der Waals surface area (Å²) in [6.45, 7) is 5.66. The number of pyridine rings is 1. The van der Waals surface area contributed by atoms with E-state index in [1.165, 1.54) is 0 Å². The zero-order chi connectivity index (χ0) is 12.4. The highest BCUT2D eigenvalue weighted by atomic mass is 16.3. The van der Waals surface area contributed by atoms with E-state index >= 15 is 0 Å². The third kappa shape index (κ3) is 2.58. The lowest BCUT2D eigenvalue weighted by molar-refractivity contribution is 0.136. The average Bonchev–Trinajstić information content (AvgIpc) is 2.78. The van der Waals surface area contributed by atoms with E-state index in [1.807, 2.05) is 26.0 Å². The Labute approximate surface area is 102 Å². The van der Waals surface area contributed by atoms with E-state index < -0.39 is 0 Å². The second-order valence-corrected chi connectivity index (χ2v) is 4.94. The van der Waals surface area contributed by atoms with Crippen molar-refractivity contribution < 1.29 is 5.11 Å². The van der Waals surface area contributed by atoms with E-state index in [0.29, 0.717) is 5.92 Å². The fourth-order valence-corrected chi connectivity index (χ4v) is 2.40. The number of anilines is 1. The van der Waals surface area contributed by atoms with Crippen LogP contribution in [0, 0.1) is 5.92 Å². The molecule has 3 atom stereocenters. The van der Waals surface area contributed by atoms with Gasteiger partial charge >= 0.3 is 0 Å². The number of nitrogens with zero attached hydrogens (tertiary/aromatic N) is 2. The molecule has 3 N–H and O–H groups in total. The monoisotopic (exact) mass is 235 g/mol. The fraction of sp³-hybridized carbons (Fsp3) is 0.615. The SMILES string of the molecule is CC(O)C1CCN(c2ncccc2[C@@H](C)N)C1. The minimum Gasteiger partial charge on any atom is -0.393 e. The Hall–Kier alpha value is -1.13. The number of hydrogen-bond donors (Lipinski definition) is 2. The summed E-state index contributed by atoms with van der Waals surface area (Å²) in [5, 5.41) is 9.62. The van der Waals surface area contributed by atoms with Crippen LogP contribution in [0.15, 0.2) is 18.3 Å². The van der Waals surface area contributed by atoms with Gasteiger partial charge in [-0.25, -0.2) is 4.98 Å². The third-order valence-electron chi connectivity index (χ3n) is 3.51. The molecule has 0 spiro atoms. The van der Waals surface area contributed by atoms with Crippen LogP contribution in [-0.4, -0.2) is 29.3 Å². The normalized spacial score (nSPS) is 23.8. The molecule has 0 aromatic carbocycles. The van der Waals surface area contributed by atoms with Crippen LogP contribution in [0.25, 0.3) is 0 Å². The first kappa shape index (κ1) is 12.3. The van der Waals surface area contributed by atoms with E-state index in [2.05, 4.69) is 9.88 Å². The number of rotatable bonds is 3. The Morgan fingerprint density at radius 2 is 2.29 bits per heavy atom. The molecule has 2 rings (SSSR count). The van der Waals surface area contributed by atoms with Crippen molar-refractivity contribution in [2.45, 2.75) is 32.4 Å². The standard InChI is InChI=1S/C13H21N3O/c1-9(14)12-4-3-6-15-13(12)16-7-5-11(8-16)10(2)17/h3-4,6,9-11,17H,5,7-8,14H2,1-2H3/t9-,10?,11?/m1/s1. The van der Waals surface area contributed by atoms with Crippen LogP contribution in [0.2, 0.25) is 0 Å². The van der Waals surface area contributed by atoms with Crippen molar-refractivity contribution >= 4 is 5.82 Å². The average molecular weight is 235 g/mol. The van der Waals surface area contributed by atoms with Crippen LogP contribution in [-0.2, 0) is 0 Å². The molecule has 1 aromatic rings. The van der Waals surface area contributed by atoms with Crippen LogP contribution in [0.1, 0.15) is 31.9 Å². The zero-order valence-corrected chi connectivity index (χ0v) is 10.5. The van der Waals surface area contributed by atoms with Gasteiger partial charge in [0.1, 0.15) is 5.82 Å². The fourth-order valence-electron chi connectivity index (χ4n) is 2.40. The maximum atomic E-state index is 9.62. The topological polar surface area (TPSA) is 62.4 Å². The highest BCUT2D eigenvalue weighted by Crippen LogP contribution is 2.28. The Balaban J connectivity index is 2.18. The predicted molar refractivity (Wildman–Crippen MR) is 68.8 cm³/mol. The second kappa shape index (κ2) is 5.02. The Morgan fingerprint density at radius 1 is 1.53 bits per heavy atom. The molecule has 94 valence electrons. The molecule has 1 aliphatic heterocycles. The quantitative estimate of drug-likeness (QED) is 0.829. The number of hydrogen-bond acceptors (Lipinski definition) is 4. The molecule has 1 saturated heterocycles. The minimum atomic E-state index is -0.248. The Morgan fingerprint density at radius 3 is 2.88 bits per heavy atom. The van der Waals surface area contributed by atoms with Gasteiger partial charge in [-0.05, 0) is 26.3 Å². The molecule has 4 heteroatoms. The van der Waals surface area contributed by atoms with E-state index in [1.54, 1.807) is 6.20 Å². The summed E-state index contributed by atoms with van der Waals surface area (Å²) in [6, 6.07) is 3.94. The summed E-state index contributed by atoms with van der Waals surface area (Å²) < 4.78 is 0. The van der Waals surface area contributed by atoms with Gasteiger partial charge in [-0.15, -0.1) is 0 Å². The van der Waals surface area contributed by atoms with Crippen molar-refractivity contribution in [3.63, 3.8) is 0 Å². The number of aliphatic hydroxyl groups excluding tert-OH is 1.